The van der Waals surface area contributed by atoms with Crippen LogP contribution in [0.3, 0.4) is 0 Å². The molecule has 0 amide bonds. The smallest absolute Gasteiger partial charge is 0.374 e. The first kappa shape index (κ1) is 10.8. The zero-order valence-electron chi connectivity index (χ0n) is 7.44. The second-order valence-corrected chi connectivity index (χ2v) is 3.59. The van der Waals surface area contributed by atoms with Gasteiger partial charge in [0.05, 0.1) is 9.95 Å². The van der Waals surface area contributed by atoms with Crippen LogP contribution < -0.4 is 5.63 Å². The topological polar surface area (TPSA) is 86.2 Å². The zero-order valence-corrected chi connectivity index (χ0v) is 8.95. The largest absolute Gasteiger partial charge is 0.417 e. The molecule has 2 aromatic rings. The number of non-ortho nitro benzene ring substituents is 1. The van der Waals surface area contributed by atoms with Crippen LogP contribution in [0.5, 0.6) is 0 Å². The second-order valence-electron chi connectivity index (χ2n) is 2.83. The number of fused-ring (bicyclic) bond motifs is 1. The fourth-order valence-corrected chi connectivity index (χ4v) is 1.52. The summed E-state index contributed by atoms with van der Waals surface area (Å²) in [4.78, 5) is 24.6. The van der Waals surface area contributed by atoms with E-state index in [1.54, 1.807) is 0 Å². The van der Waals surface area contributed by atoms with E-state index in [0.29, 0.717) is 0 Å². The van der Waals surface area contributed by atoms with Crippen molar-refractivity contribution in [3.8, 4) is 0 Å². The molecule has 0 atom stereocenters. The average Bonchev–Trinajstić information content (AvgIpc) is 2.20. The van der Waals surface area contributed by atoms with Crippen molar-refractivity contribution in [1.29, 1.82) is 0 Å². The summed E-state index contributed by atoms with van der Waals surface area (Å²) in [7, 11) is 0. The van der Waals surface area contributed by atoms with Gasteiger partial charge in [-0.1, -0.05) is 23.2 Å². The minimum Gasteiger partial charge on any atom is -0.417 e. The van der Waals surface area contributed by atoms with Crippen molar-refractivity contribution in [2.45, 2.75) is 0 Å². The van der Waals surface area contributed by atoms with E-state index in [9.17, 15) is 14.9 Å². The summed E-state index contributed by atoms with van der Waals surface area (Å²) in [6.45, 7) is 0. The van der Waals surface area contributed by atoms with E-state index in [0.717, 1.165) is 12.1 Å². The molecule has 0 bridgehead atoms. The molecular formula is C8H2Cl2N2O4. The number of hydrogen-bond acceptors (Lipinski definition) is 5. The van der Waals surface area contributed by atoms with E-state index in [2.05, 4.69) is 4.98 Å². The van der Waals surface area contributed by atoms with Gasteiger partial charge in [-0.25, -0.2) is 9.78 Å². The van der Waals surface area contributed by atoms with Crippen molar-refractivity contribution < 1.29 is 9.34 Å². The lowest BCUT2D eigenvalue weighted by Crippen LogP contribution is -2.02. The first-order valence-corrected chi connectivity index (χ1v) is 4.69. The highest BCUT2D eigenvalue weighted by molar-refractivity contribution is 6.35. The van der Waals surface area contributed by atoms with Gasteiger partial charge >= 0.3 is 5.63 Å². The molecule has 0 unspecified atom stereocenters. The Morgan fingerprint density at radius 1 is 1.38 bits per heavy atom. The van der Waals surface area contributed by atoms with E-state index < -0.39 is 15.7 Å². The number of nitrogens with zero attached hydrogens (tertiary/aromatic N) is 2. The Balaban J connectivity index is 2.87. The van der Waals surface area contributed by atoms with Crippen LogP contribution in [0.15, 0.2) is 21.3 Å². The van der Waals surface area contributed by atoms with Gasteiger partial charge < -0.3 is 4.42 Å². The fraction of sp³-hybridized carbons (Fsp3) is 0. The number of halogens is 2. The summed E-state index contributed by atoms with van der Waals surface area (Å²) in [5.41, 5.74) is -1.06. The van der Waals surface area contributed by atoms with Crippen LogP contribution in [0.4, 0.5) is 5.69 Å². The second kappa shape index (κ2) is 3.73. The molecule has 0 spiro atoms. The third-order valence-corrected chi connectivity index (χ3v) is 2.32. The maximum absolute atomic E-state index is 11.1. The Morgan fingerprint density at radius 2 is 2.06 bits per heavy atom. The van der Waals surface area contributed by atoms with Crippen molar-refractivity contribution in [1.82, 2.24) is 4.98 Å². The average molecular weight is 261 g/mol. The highest BCUT2D eigenvalue weighted by Crippen LogP contribution is 2.27. The Morgan fingerprint density at radius 3 is 2.69 bits per heavy atom. The van der Waals surface area contributed by atoms with Gasteiger partial charge in [0.25, 0.3) is 5.69 Å². The number of benzene rings is 1. The molecule has 0 aliphatic carbocycles. The third-order valence-electron chi connectivity index (χ3n) is 1.80. The van der Waals surface area contributed by atoms with Crippen molar-refractivity contribution >= 4 is 40.0 Å². The molecule has 8 heteroatoms. The molecule has 0 radical (unpaired) electrons. The lowest BCUT2D eigenvalue weighted by atomic mass is 10.3. The van der Waals surface area contributed by atoms with Gasteiger partial charge in [-0.05, 0) is 0 Å². The van der Waals surface area contributed by atoms with Crippen LogP contribution in [0.25, 0.3) is 11.1 Å². The fourth-order valence-electron chi connectivity index (χ4n) is 1.14. The molecule has 1 heterocycles. The molecule has 0 saturated heterocycles. The number of aromatic nitrogens is 1. The lowest BCUT2D eigenvalue weighted by molar-refractivity contribution is -0.384. The van der Waals surface area contributed by atoms with E-state index in [4.69, 9.17) is 27.6 Å². The minimum absolute atomic E-state index is 0.0262. The standard InChI is InChI=1S/C8H2Cl2N2O4/c9-4-1-3(12(14)15)2-5-6(4)16-8(13)7(10)11-5/h1-2H. The monoisotopic (exact) mass is 260 g/mol. The SMILES string of the molecule is O=c1oc2c(Cl)cc([N+](=O)[O-])cc2nc1Cl. The molecule has 0 N–H and O–H groups in total. The highest BCUT2D eigenvalue weighted by atomic mass is 35.5. The van der Waals surface area contributed by atoms with Crippen LogP contribution in [0.2, 0.25) is 10.2 Å². The molecule has 2 rings (SSSR count). The molecule has 82 valence electrons. The van der Waals surface area contributed by atoms with Crippen LogP contribution in [0.1, 0.15) is 0 Å². The van der Waals surface area contributed by atoms with Gasteiger partial charge in [0, 0.05) is 12.1 Å². The Bertz CT molecular complexity index is 652. The van der Waals surface area contributed by atoms with Crippen molar-refractivity contribution in [3.63, 3.8) is 0 Å². The van der Waals surface area contributed by atoms with Crippen LogP contribution in [-0.2, 0) is 0 Å². The van der Waals surface area contributed by atoms with Crippen LogP contribution in [-0.4, -0.2) is 9.91 Å². The molecular weight excluding hydrogens is 259 g/mol. The summed E-state index contributed by atoms with van der Waals surface area (Å²) in [5, 5.41) is 10.1. The molecule has 1 aromatic heterocycles. The van der Waals surface area contributed by atoms with Crippen LogP contribution >= 0.6 is 23.2 Å². The molecule has 0 aliphatic heterocycles. The minimum atomic E-state index is -0.843. The number of nitro benzene ring substituents is 1. The summed E-state index contributed by atoms with van der Waals surface area (Å²) >= 11 is 11.2. The van der Waals surface area contributed by atoms with E-state index in [-0.39, 0.29) is 21.8 Å². The van der Waals surface area contributed by atoms with Gasteiger partial charge in [-0.3, -0.25) is 10.1 Å². The summed E-state index contributed by atoms with van der Waals surface area (Å²) in [6.07, 6.45) is 0. The number of rotatable bonds is 1. The Labute approximate surface area is 97.6 Å². The quantitative estimate of drug-likeness (QED) is 0.581. The maximum atomic E-state index is 11.1. The predicted molar refractivity (Wildman–Crippen MR) is 57.0 cm³/mol. The van der Waals surface area contributed by atoms with Gasteiger partial charge in [0.15, 0.2) is 5.58 Å². The molecule has 6 nitrogen and oxygen atoms in total. The number of nitro groups is 1. The summed E-state index contributed by atoms with van der Waals surface area (Å²) in [5.74, 6) is 0. The predicted octanol–water partition coefficient (Wildman–Crippen LogP) is 2.40. The molecule has 0 fully saturated rings. The van der Waals surface area contributed by atoms with Crippen molar-refractivity contribution in [2.75, 3.05) is 0 Å². The lowest BCUT2D eigenvalue weighted by Gasteiger charge is -1.98. The molecule has 1 aromatic carbocycles. The summed E-state index contributed by atoms with van der Waals surface area (Å²) in [6, 6.07) is 2.19. The maximum Gasteiger partial charge on any atom is 0.374 e. The van der Waals surface area contributed by atoms with Gasteiger partial charge in [-0.2, -0.15) is 0 Å². The highest BCUT2D eigenvalue weighted by Gasteiger charge is 2.15. The Kier molecular flexibility index (Phi) is 2.53. The molecule has 16 heavy (non-hydrogen) atoms. The van der Waals surface area contributed by atoms with Crippen molar-refractivity contribution in [2.24, 2.45) is 0 Å². The molecule has 0 aliphatic rings. The van der Waals surface area contributed by atoms with Gasteiger partial charge in [-0.15, -0.1) is 0 Å². The summed E-state index contributed by atoms with van der Waals surface area (Å²) < 4.78 is 4.75. The molecule has 0 saturated carbocycles. The van der Waals surface area contributed by atoms with E-state index in [1.165, 1.54) is 0 Å². The third kappa shape index (κ3) is 1.72. The first-order chi connectivity index (χ1) is 7.49. The van der Waals surface area contributed by atoms with Gasteiger partial charge in [0.1, 0.15) is 5.52 Å². The normalized spacial score (nSPS) is 10.6. The zero-order chi connectivity index (χ0) is 11.9. The van der Waals surface area contributed by atoms with E-state index >= 15 is 0 Å². The first-order valence-electron chi connectivity index (χ1n) is 3.93. The Hall–Kier alpha value is -1.66. The van der Waals surface area contributed by atoms with Crippen LogP contribution in [0, 0.1) is 10.1 Å². The van der Waals surface area contributed by atoms with Crippen molar-refractivity contribution in [3.05, 3.63) is 42.8 Å². The van der Waals surface area contributed by atoms with Gasteiger partial charge in [0.2, 0.25) is 5.15 Å². The van der Waals surface area contributed by atoms with E-state index in [1.807, 2.05) is 0 Å². The number of hydrogen-bond donors (Lipinski definition) is 0.